The second kappa shape index (κ2) is 4.17. The first-order chi connectivity index (χ1) is 7.63. The molecule has 3 N–H and O–H groups in total. The zero-order valence-corrected chi connectivity index (χ0v) is 10.6. The van der Waals surface area contributed by atoms with Gasteiger partial charge in [0.2, 0.25) is 0 Å². The van der Waals surface area contributed by atoms with Crippen LogP contribution in [-0.4, -0.2) is 17.3 Å². The van der Waals surface area contributed by atoms with Gasteiger partial charge in [-0.25, -0.2) is 0 Å². The van der Waals surface area contributed by atoms with E-state index in [0.717, 1.165) is 27.0 Å². The number of nitrogens with two attached hydrogens (primary N) is 1. The standard InChI is InChI=1S/C11H12BrN3O/c1-6-10(14-15-11(6)13)8-4-3-7(12)5-9(8)16-2/h3-5H,1-2H3,(H3,13,14,15). The molecule has 4 nitrogen and oxygen atoms in total. The maximum absolute atomic E-state index is 5.71. The van der Waals surface area contributed by atoms with Crippen LogP contribution in [0.25, 0.3) is 11.3 Å². The molecule has 0 radical (unpaired) electrons. The van der Waals surface area contributed by atoms with Crippen LogP contribution in [0.15, 0.2) is 22.7 Å². The second-order valence-electron chi connectivity index (χ2n) is 3.45. The first-order valence-corrected chi connectivity index (χ1v) is 5.57. The van der Waals surface area contributed by atoms with Gasteiger partial charge >= 0.3 is 0 Å². The van der Waals surface area contributed by atoms with Crippen LogP contribution in [0.3, 0.4) is 0 Å². The monoisotopic (exact) mass is 281 g/mol. The van der Waals surface area contributed by atoms with Gasteiger partial charge < -0.3 is 10.5 Å². The van der Waals surface area contributed by atoms with Crippen LogP contribution in [-0.2, 0) is 0 Å². The van der Waals surface area contributed by atoms with E-state index < -0.39 is 0 Å². The van der Waals surface area contributed by atoms with Gasteiger partial charge in [0.05, 0.1) is 12.8 Å². The number of hydrogen-bond donors (Lipinski definition) is 2. The summed E-state index contributed by atoms with van der Waals surface area (Å²) < 4.78 is 6.30. The first-order valence-electron chi connectivity index (χ1n) is 4.78. The molecule has 5 heteroatoms. The molecular formula is C11H12BrN3O. The van der Waals surface area contributed by atoms with E-state index in [1.807, 2.05) is 25.1 Å². The number of ether oxygens (including phenoxy) is 1. The van der Waals surface area contributed by atoms with Crippen molar-refractivity contribution in [2.75, 3.05) is 12.8 Å². The fourth-order valence-corrected chi connectivity index (χ4v) is 1.89. The Kier molecular flexibility index (Phi) is 2.87. The van der Waals surface area contributed by atoms with E-state index in [4.69, 9.17) is 10.5 Å². The third-order valence-corrected chi connectivity index (χ3v) is 2.97. The van der Waals surface area contributed by atoms with Crippen molar-refractivity contribution in [3.63, 3.8) is 0 Å². The van der Waals surface area contributed by atoms with Gasteiger partial charge in [-0.3, -0.25) is 5.10 Å². The average molecular weight is 282 g/mol. The maximum Gasteiger partial charge on any atom is 0.148 e. The van der Waals surface area contributed by atoms with Crippen molar-refractivity contribution in [1.29, 1.82) is 0 Å². The van der Waals surface area contributed by atoms with Crippen molar-refractivity contribution in [2.24, 2.45) is 0 Å². The molecule has 2 aromatic rings. The summed E-state index contributed by atoms with van der Waals surface area (Å²) in [6, 6.07) is 5.82. The molecule has 0 unspecified atom stereocenters. The van der Waals surface area contributed by atoms with Gasteiger partial charge in [0.15, 0.2) is 0 Å². The van der Waals surface area contributed by atoms with Crippen LogP contribution in [0.2, 0.25) is 0 Å². The van der Waals surface area contributed by atoms with Crippen LogP contribution in [0.4, 0.5) is 5.82 Å². The third-order valence-electron chi connectivity index (χ3n) is 2.48. The molecule has 16 heavy (non-hydrogen) atoms. The highest BCUT2D eigenvalue weighted by molar-refractivity contribution is 9.10. The summed E-state index contributed by atoms with van der Waals surface area (Å²) in [5.74, 6) is 1.29. The Labute approximate surface area is 102 Å². The smallest absolute Gasteiger partial charge is 0.148 e. The number of halogens is 1. The minimum absolute atomic E-state index is 0.514. The van der Waals surface area contributed by atoms with Crippen molar-refractivity contribution in [2.45, 2.75) is 6.92 Å². The second-order valence-corrected chi connectivity index (χ2v) is 4.37. The molecule has 1 aromatic heterocycles. The fourth-order valence-electron chi connectivity index (χ4n) is 1.55. The molecule has 0 aliphatic rings. The number of aromatic nitrogens is 2. The molecule has 1 aromatic carbocycles. The number of hydrogen-bond acceptors (Lipinski definition) is 3. The number of H-pyrrole nitrogens is 1. The Hall–Kier alpha value is -1.49. The maximum atomic E-state index is 5.71. The molecule has 2 rings (SSSR count). The number of nitrogens with one attached hydrogen (secondary N) is 1. The number of nitrogen functional groups attached to an aromatic ring is 1. The average Bonchev–Trinajstić information content (AvgIpc) is 2.60. The van der Waals surface area contributed by atoms with E-state index in [-0.39, 0.29) is 0 Å². The summed E-state index contributed by atoms with van der Waals surface area (Å²) in [5, 5.41) is 6.89. The number of aromatic amines is 1. The molecule has 0 spiro atoms. The summed E-state index contributed by atoms with van der Waals surface area (Å²) in [5.41, 5.74) is 8.48. The summed E-state index contributed by atoms with van der Waals surface area (Å²) in [4.78, 5) is 0. The largest absolute Gasteiger partial charge is 0.496 e. The lowest BCUT2D eigenvalue weighted by molar-refractivity contribution is 0.416. The van der Waals surface area contributed by atoms with Gasteiger partial charge in [0.25, 0.3) is 0 Å². The van der Waals surface area contributed by atoms with Crippen LogP contribution in [0.5, 0.6) is 5.75 Å². The summed E-state index contributed by atoms with van der Waals surface area (Å²) in [7, 11) is 1.64. The molecule has 1 heterocycles. The highest BCUT2D eigenvalue weighted by Crippen LogP contribution is 2.34. The van der Waals surface area contributed by atoms with Crippen molar-refractivity contribution < 1.29 is 4.74 Å². The zero-order chi connectivity index (χ0) is 11.7. The molecule has 0 atom stereocenters. The Morgan fingerprint density at radius 1 is 1.44 bits per heavy atom. The van der Waals surface area contributed by atoms with Gasteiger partial charge in [-0.05, 0) is 25.1 Å². The predicted octanol–water partition coefficient (Wildman–Crippen LogP) is 2.74. The molecule has 84 valence electrons. The topological polar surface area (TPSA) is 63.9 Å². The molecular weight excluding hydrogens is 270 g/mol. The molecule has 0 aliphatic heterocycles. The van der Waals surface area contributed by atoms with Gasteiger partial charge in [-0.1, -0.05) is 15.9 Å². The van der Waals surface area contributed by atoms with Crippen LogP contribution < -0.4 is 10.5 Å². The van der Waals surface area contributed by atoms with Crippen LogP contribution in [0, 0.1) is 6.92 Å². The lowest BCUT2D eigenvalue weighted by Gasteiger charge is -2.08. The van der Waals surface area contributed by atoms with Gasteiger partial charge in [0, 0.05) is 15.6 Å². The number of benzene rings is 1. The Balaban J connectivity index is 2.59. The van der Waals surface area contributed by atoms with E-state index >= 15 is 0 Å². The highest BCUT2D eigenvalue weighted by Gasteiger charge is 2.12. The van der Waals surface area contributed by atoms with Gasteiger partial charge in [-0.2, -0.15) is 5.10 Å². The fraction of sp³-hybridized carbons (Fsp3) is 0.182. The minimum Gasteiger partial charge on any atom is -0.496 e. The van der Waals surface area contributed by atoms with Crippen molar-refractivity contribution >= 4 is 21.7 Å². The number of rotatable bonds is 2. The quantitative estimate of drug-likeness (QED) is 0.890. The van der Waals surface area contributed by atoms with Crippen molar-refractivity contribution in [1.82, 2.24) is 10.2 Å². The van der Waals surface area contributed by atoms with Gasteiger partial charge in [0.1, 0.15) is 11.6 Å². The van der Waals surface area contributed by atoms with Crippen molar-refractivity contribution in [3.8, 4) is 17.0 Å². The third kappa shape index (κ3) is 1.78. The highest BCUT2D eigenvalue weighted by atomic mass is 79.9. The van der Waals surface area contributed by atoms with E-state index in [2.05, 4.69) is 26.1 Å². The Morgan fingerprint density at radius 3 is 2.75 bits per heavy atom. The molecule has 0 amide bonds. The SMILES string of the molecule is COc1cc(Br)ccc1-c1[nH]nc(N)c1C. The van der Waals surface area contributed by atoms with E-state index in [1.165, 1.54) is 0 Å². The van der Waals surface area contributed by atoms with E-state index in [1.54, 1.807) is 7.11 Å². The van der Waals surface area contributed by atoms with Gasteiger partial charge in [-0.15, -0.1) is 0 Å². The number of anilines is 1. The molecule has 0 saturated carbocycles. The first kappa shape index (κ1) is 11.0. The number of nitrogens with zero attached hydrogens (tertiary/aromatic N) is 1. The van der Waals surface area contributed by atoms with Crippen molar-refractivity contribution in [3.05, 3.63) is 28.2 Å². The molecule has 0 bridgehead atoms. The van der Waals surface area contributed by atoms with Crippen LogP contribution in [0.1, 0.15) is 5.56 Å². The summed E-state index contributed by atoms with van der Waals surface area (Å²) >= 11 is 3.40. The zero-order valence-electron chi connectivity index (χ0n) is 9.04. The summed E-state index contributed by atoms with van der Waals surface area (Å²) in [6.07, 6.45) is 0. The normalized spacial score (nSPS) is 10.4. The predicted molar refractivity (Wildman–Crippen MR) is 67.4 cm³/mol. The van der Waals surface area contributed by atoms with E-state index in [9.17, 15) is 0 Å². The Bertz CT molecular complexity index is 522. The van der Waals surface area contributed by atoms with E-state index in [0.29, 0.717) is 5.82 Å². The Morgan fingerprint density at radius 2 is 2.19 bits per heavy atom. The molecule has 0 aliphatic carbocycles. The lowest BCUT2D eigenvalue weighted by Crippen LogP contribution is -1.90. The molecule has 0 fully saturated rings. The lowest BCUT2D eigenvalue weighted by atomic mass is 10.1. The molecule has 0 saturated heterocycles. The van der Waals surface area contributed by atoms with Crippen LogP contribution >= 0.6 is 15.9 Å². The number of methoxy groups -OCH3 is 1. The minimum atomic E-state index is 0.514. The summed E-state index contributed by atoms with van der Waals surface area (Å²) in [6.45, 7) is 1.93.